The highest BCUT2D eigenvalue weighted by Gasteiger charge is 2.26. The van der Waals surface area contributed by atoms with Crippen LogP contribution in [-0.2, 0) is 19.6 Å². The second-order valence-corrected chi connectivity index (χ2v) is 7.74. The van der Waals surface area contributed by atoms with Crippen molar-refractivity contribution in [2.24, 2.45) is 11.8 Å². The molecule has 1 unspecified atom stereocenters. The van der Waals surface area contributed by atoms with E-state index in [-0.39, 0.29) is 22.9 Å². The van der Waals surface area contributed by atoms with Crippen LogP contribution in [0.25, 0.3) is 0 Å². The predicted octanol–water partition coefficient (Wildman–Crippen LogP) is 1.81. The summed E-state index contributed by atoms with van der Waals surface area (Å²) in [5, 5.41) is 9.20. The van der Waals surface area contributed by atoms with E-state index in [0.29, 0.717) is 12.0 Å². The maximum atomic E-state index is 12.5. The second kappa shape index (κ2) is 8.25. The van der Waals surface area contributed by atoms with Crippen LogP contribution in [-0.4, -0.2) is 39.1 Å². The maximum Gasteiger partial charge on any atom is 0.339 e. The van der Waals surface area contributed by atoms with Gasteiger partial charge in [-0.15, -0.1) is 0 Å². The lowest BCUT2D eigenvalue weighted by molar-refractivity contribution is -0.142. The zero-order valence-electron chi connectivity index (χ0n) is 14.2. The molecule has 134 valence electrons. The topological polar surface area (TPSA) is 110 Å². The summed E-state index contributed by atoms with van der Waals surface area (Å²) in [5.41, 5.74) is 0.623. The smallest absolute Gasteiger partial charge is 0.339 e. The summed E-state index contributed by atoms with van der Waals surface area (Å²) in [4.78, 5) is 22.8. The van der Waals surface area contributed by atoms with Crippen LogP contribution in [0.1, 0.15) is 36.2 Å². The molecule has 0 saturated carbocycles. The van der Waals surface area contributed by atoms with Crippen molar-refractivity contribution < 1.29 is 27.9 Å². The molecule has 0 aliphatic carbocycles. The number of nitrogens with one attached hydrogen (secondary N) is 1. The molecular weight excluding hydrogens is 334 g/mol. The highest BCUT2D eigenvalue weighted by molar-refractivity contribution is 7.89. The van der Waals surface area contributed by atoms with E-state index in [2.05, 4.69) is 9.46 Å². The molecule has 0 aliphatic rings. The van der Waals surface area contributed by atoms with Crippen LogP contribution in [0.4, 0.5) is 0 Å². The molecule has 0 radical (unpaired) electrons. The van der Waals surface area contributed by atoms with Crippen LogP contribution in [0, 0.1) is 18.8 Å². The molecule has 7 nitrogen and oxygen atoms in total. The average molecular weight is 357 g/mol. The number of hydrogen-bond acceptors (Lipinski definition) is 5. The number of carbonyl (C=O) groups is 2. The number of carbonyl (C=O) groups excluding carboxylic acids is 1. The molecule has 0 fully saturated rings. The van der Waals surface area contributed by atoms with Gasteiger partial charge in [-0.3, -0.25) is 4.79 Å². The number of ether oxygens (including phenoxy) is 1. The summed E-state index contributed by atoms with van der Waals surface area (Å²) in [5.74, 6) is -2.56. The lowest BCUT2D eigenvalue weighted by Gasteiger charge is -2.16. The minimum absolute atomic E-state index is 0.0827. The van der Waals surface area contributed by atoms with Crippen LogP contribution in [0.5, 0.6) is 0 Å². The Balaban J connectivity index is 3.08. The molecule has 0 heterocycles. The molecule has 0 amide bonds. The minimum Gasteiger partial charge on any atom is -0.481 e. The van der Waals surface area contributed by atoms with Gasteiger partial charge < -0.3 is 9.84 Å². The van der Waals surface area contributed by atoms with Crippen molar-refractivity contribution >= 4 is 22.0 Å². The summed E-state index contributed by atoms with van der Waals surface area (Å²) in [6.07, 6.45) is 0.343. The lowest BCUT2D eigenvalue weighted by Crippen LogP contribution is -2.34. The van der Waals surface area contributed by atoms with Crippen molar-refractivity contribution in [1.29, 1.82) is 0 Å². The predicted molar refractivity (Wildman–Crippen MR) is 88.3 cm³/mol. The second-order valence-electron chi connectivity index (χ2n) is 6.01. The molecule has 0 aromatic heterocycles. The van der Waals surface area contributed by atoms with E-state index in [4.69, 9.17) is 0 Å². The Morgan fingerprint density at radius 3 is 2.42 bits per heavy atom. The molecule has 0 aliphatic heterocycles. The molecule has 2 N–H and O–H groups in total. The first kappa shape index (κ1) is 20.1. The number of sulfonamides is 1. The number of methoxy groups -OCH3 is 1. The maximum absolute atomic E-state index is 12.5. The van der Waals surface area contributed by atoms with Gasteiger partial charge in [0.1, 0.15) is 0 Å². The Labute approximate surface area is 142 Å². The lowest BCUT2D eigenvalue weighted by atomic mass is 9.98. The Bertz CT molecular complexity index is 711. The molecule has 24 heavy (non-hydrogen) atoms. The van der Waals surface area contributed by atoms with Gasteiger partial charge in [0.2, 0.25) is 10.0 Å². The molecule has 0 saturated heterocycles. The average Bonchev–Trinajstić information content (AvgIpc) is 2.49. The van der Waals surface area contributed by atoms with Crippen molar-refractivity contribution in [3.63, 3.8) is 0 Å². The zero-order valence-corrected chi connectivity index (χ0v) is 15.0. The van der Waals surface area contributed by atoms with Gasteiger partial charge in [-0.05, 0) is 31.4 Å². The summed E-state index contributed by atoms with van der Waals surface area (Å²) < 4.78 is 31.9. The number of rotatable bonds is 8. The number of carboxylic acid groups (broad SMARTS) is 1. The van der Waals surface area contributed by atoms with Crippen molar-refractivity contribution in [3.05, 3.63) is 29.3 Å². The molecule has 0 bridgehead atoms. The fourth-order valence-corrected chi connectivity index (χ4v) is 3.53. The van der Waals surface area contributed by atoms with Gasteiger partial charge in [0.25, 0.3) is 0 Å². The largest absolute Gasteiger partial charge is 0.481 e. The van der Waals surface area contributed by atoms with E-state index in [1.165, 1.54) is 12.1 Å². The molecule has 1 atom stereocenters. The molecule has 8 heteroatoms. The van der Waals surface area contributed by atoms with Crippen molar-refractivity contribution in [2.45, 2.75) is 32.1 Å². The Morgan fingerprint density at radius 2 is 1.92 bits per heavy atom. The number of benzene rings is 1. The number of aliphatic carboxylic acids is 1. The Morgan fingerprint density at radius 1 is 1.29 bits per heavy atom. The first-order chi connectivity index (χ1) is 11.1. The number of hydrogen-bond donors (Lipinski definition) is 2. The summed E-state index contributed by atoms with van der Waals surface area (Å²) in [7, 11) is -2.88. The molecule has 1 aromatic rings. The fraction of sp³-hybridized carbons (Fsp3) is 0.500. The van der Waals surface area contributed by atoms with Gasteiger partial charge in [0.15, 0.2) is 0 Å². The van der Waals surface area contributed by atoms with Gasteiger partial charge in [0.05, 0.1) is 23.5 Å². The highest BCUT2D eigenvalue weighted by atomic mass is 32.2. The Hall–Kier alpha value is -1.93. The number of carboxylic acids is 1. The third-order valence-electron chi connectivity index (χ3n) is 3.45. The van der Waals surface area contributed by atoms with Crippen LogP contribution in [0.3, 0.4) is 0 Å². The van der Waals surface area contributed by atoms with Gasteiger partial charge in [0, 0.05) is 6.54 Å². The first-order valence-corrected chi connectivity index (χ1v) is 8.98. The third-order valence-corrected chi connectivity index (χ3v) is 4.94. The molecule has 0 spiro atoms. The van der Waals surface area contributed by atoms with E-state index in [1.54, 1.807) is 13.0 Å². The van der Waals surface area contributed by atoms with Crippen LogP contribution >= 0.6 is 0 Å². The van der Waals surface area contributed by atoms with Crippen LogP contribution < -0.4 is 4.72 Å². The zero-order chi connectivity index (χ0) is 18.5. The minimum atomic E-state index is -4.04. The standard InChI is InChI=1S/C16H23NO6S/c1-10(2)7-12(15(18)19)9-17-24(21,22)14-6-5-11(3)8-13(14)16(20)23-4/h5-6,8,10,12,17H,7,9H2,1-4H3,(H,18,19). The van der Waals surface area contributed by atoms with Gasteiger partial charge in [-0.2, -0.15) is 0 Å². The SMILES string of the molecule is COC(=O)c1cc(C)ccc1S(=O)(=O)NCC(CC(C)C)C(=O)O. The van der Waals surface area contributed by atoms with Crippen LogP contribution in [0.15, 0.2) is 23.1 Å². The van der Waals surface area contributed by atoms with Gasteiger partial charge >= 0.3 is 11.9 Å². The quantitative estimate of drug-likeness (QED) is 0.687. The normalized spacial score (nSPS) is 12.9. The number of esters is 1. The van der Waals surface area contributed by atoms with E-state index < -0.39 is 27.9 Å². The highest BCUT2D eigenvalue weighted by Crippen LogP contribution is 2.19. The third kappa shape index (κ3) is 5.31. The van der Waals surface area contributed by atoms with E-state index in [1.807, 2.05) is 13.8 Å². The van der Waals surface area contributed by atoms with Crippen molar-refractivity contribution in [2.75, 3.05) is 13.7 Å². The molecule has 1 rings (SSSR count). The summed E-state index contributed by atoms with van der Waals surface area (Å²) in [6, 6.07) is 4.29. The molecule has 1 aromatic carbocycles. The monoisotopic (exact) mass is 357 g/mol. The van der Waals surface area contributed by atoms with Gasteiger partial charge in [-0.25, -0.2) is 17.9 Å². The van der Waals surface area contributed by atoms with Crippen molar-refractivity contribution in [1.82, 2.24) is 4.72 Å². The molecular formula is C16H23NO6S. The first-order valence-electron chi connectivity index (χ1n) is 7.50. The van der Waals surface area contributed by atoms with Crippen LogP contribution in [0.2, 0.25) is 0 Å². The summed E-state index contributed by atoms with van der Waals surface area (Å²) >= 11 is 0. The van der Waals surface area contributed by atoms with Gasteiger partial charge in [-0.1, -0.05) is 25.5 Å². The fourth-order valence-electron chi connectivity index (χ4n) is 2.28. The van der Waals surface area contributed by atoms with E-state index in [9.17, 15) is 23.1 Å². The summed E-state index contributed by atoms with van der Waals surface area (Å²) in [6.45, 7) is 5.20. The van der Waals surface area contributed by atoms with E-state index in [0.717, 1.165) is 7.11 Å². The number of aryl methyl sites for hydroxylation is 1. The Kier molecular flexibility index (Phi) is 6.92. The van der Waals surface area contributed by atoms with Crippen molar-refractivity contribution in [3.8, 4) is 0 Å². The van der Waals surface area contributed by atoms with E-state index >= 15 is 0 Å².